The van der Waals surface area contributed by atoms with E-state index in [0.29, 0.717) is 11.6 Å². The van der Waals surface area contributed by atoms with E-state index >= 15 is 0 Å². The molecule has 2 N–H and O–H groups in total. The summed E-state index contributed by atoms with van der Waals surface area (Å²) in [4.78, 5) is 29.9. The van der Waals surface area contributed by atoms with Crippen LogP contribution in [0.5, 0.6) is 0 Å². The lowest BCUT2D eigenvalue weighted by molar-refractivity contribution is -0.138. The van der Waals surface area contributed by atoms with Gasteiger partial charge >= 0.3 is 5.97 Å². The first-order valence-electron chi connectivity index (χ1n) is 11.5. The molecule has 8 heteroatoms. The molecule has 2 fully saturated rings. The van der Waals surface area contributed by atoms with Crippen molar-refractivity contribution in [1.82, 2.24) is 15.2 Å². The zero-order valence-electron chi connectivity index (χ0n) is 18.8. The van der Waals surface area contributed by atoms with Crippen LogP contribution < -0.4 is 10.3 Å². The molecule has 0 atom stereocenters. The molecule has 0 spiro atoms. The third kappa shape index (κ3) is 6.40. The Morgan fingerprint density at radius 3 is 2.24 bits per heavy atom. The second-order valence-electron chi connectivity index (χ2n) is 8.58. The summed E-state index contributed by atoms with van der Waals surface area (Å²) in [7, 11) is 0. The number of likely N-dealkylation sites (tertiary alicyclic amines) is 1. The number of carbonyl (C=O) groups excluding carboxylic acids is 1. The van der Waals surface area contributed by atoms with Crippen molar-refractivity contribution in [2.75, 3.05) is 50.7 Å². The van der Waals surface area contributed by atoms with Crippen LogP contribution in [-0.4, -0.2) is 84.9 Å². The minimum atomic E-state index is -0.740. The molecule has 0 saturated carbocycles. The van der Waals surface area contributed by atoms with Gasteiger partial charge < -0.3 is 10.0 Å². The average molecular weight is 450 g/mol. The van der Waals surface area contributed by atoms with Gasteiger partial charge in [-0.25, -0.2) is 5.43 Å². The summed E-state index contributed by atoms with van der Waals surface area (Å²) in [5, 5.41) is 13.0. The van der Waals surface area contributed by atoms with Gasteiger partial charge in [0.15, 0.2) is 0 Å². The number of anilines is 1. The fourth-order valence-corrected chi connectivity index (χ4v) is 4.57. The van der Waals surface area contributed by atoms with Crippen molar-refractivity contribution in [2.45, 2.75) is 18.9 Å². The Balaban J connectivity index is 1.22. The molecule has 2 heterocycles. The minimum absolute atomic E-state index is 0.153. The number of hydrazone groups is 1. The van der Waals surface area contributed by atoms with Gasteiger partial charge in [0.2, 0.25) is 0 Å². The number of carboxylic acids is 1. The van der Waals surface area contributed by atoms with Gasteiger partial charge in [0.05, 0.1) is 12.8 Å². The summed E-state index contributed by atoms with van der Waals surface area (Å²) in [6, 6.07) is 17.8. The molecule has 2 aliphatic rings. The smallest absolute Gasteiger partial charge is 0.317 e. The second kappa shape index (κ2) is 11.1. The molecular weight excluding hydrogens is 418 g/mol. The fourth-order valence-electron chi connectivity index (χ4n) is 4.57. The van der Waals surface area contributed by atoms with E-state index in [4.69, 9.17) is 5.11 Å². The van der Waals surface area contributed by atoms with Gasteiger partial charge in [-0.1, -0.05) is 30.3 Å². The predicted octanol–water partition coefficient (Wildman–Crippen LogP) is 2.12. The molecule has 33 heavy (non-hydrogen) atoms. The number of nitrogens with zero attached hydrogens (tertiary/aromatic N) is 4. The van der Waals surface area contributed by atoms with E-state index in [0.717, 1.165) is 57.7 Å². The normalized spacial score (nSPS) is 18.5. The molecule has 0 aliphatic carbocycles. The number of aliphatic carboxylic acids is 1. The number of rotatable bonds is 7. The van der Waals surface area contributed by atoms with Crippen molar-refractivity contribution in [3.05, 3.63) is 65.7 Å². The van der Waals surface area contributed by atoms with E-state index in [1.54, 1.807) is 18.3 Å². The lowest BCUT2D eigenvalue weighted by atomic mass is 10.0. The van der Waals surface area contributed by atoms with Crippen molar-refractivity contribution in [3.8, 4) is 0 Å². The Hall–Kier alpha value is -3.23. The SMILES string of the molecule is O=C(O)CN1CCC(N2CCN(c3ccc(C=NNC(=O)c4ccccc4)cc3)CC2)CC1. The third-order valence-corrected chi connectivity index (χ3v) is 6.42. The molecule has 0 aromatic heterocycles. The van der Waals surface area contributed by atoms with E-state index < -0.39 is 5.97 Å². The largest absolute Gasteiger partial charge is 0.480 e. The van der Waals surface area contributed by atoms with Crippen molar-refractivity contribution < 1.29 is 14.7 Å². The van der Waals surface area contributed by atoms with Crippen LogP contribution in [0.2, 0.25) is 0 Å². The maximum atomic E-state index is 12.0. The third-order valence-electron chi connectivity index (χ3n) is 6.42. The van der Waals surface area contributed by atoms with Crippen molar-refractivity contribution in [2.24, 2.45) is 5.10 Å². The van der Waals surface area contributed by atoms with E-state index in [1.165, 1.54) is 5.69 Å². The summed E-state index contributed by atoms with van der Waals surface area (Å²) in [5.74, 6) is -0.967. The number of hydrogen-bond acceptors (Lipinski definition) is 6. The van der Waals surface area contributed by atoms with Crippen molar-refractivity contribution >= 4 is 23.8 Å². The molecule has 0 unspecified atom stereocenters. The first kappa shape index (κ1) is 22.9. The Labute approximate surface area is 194 Å². The molecule has 8 nitrogen and oxygen atoms in total. The van der Waals surface area contributed by atoms with Gasteiger partial charge in [-0.15, -0.1) is 0 Å². The first-order valence-corrected chi connectivity index (χ1v) is 11.5. The maximum absolute atomic E-state index is 12.0. The zero-order valence-corrected chi connectivity index (χ0v) is 18.8. The number of carbonyl (C=O) groups is 2. The summed E-state index contributed by atoms with van der Waals surface area (Å²) >= 11 is 0. The Morgan fingerprint density at radius 2 is 1.61 bits per heavy atom. The molecule has 2 aromatic rings. The highest BCUT2D eigenvalue weighted by Crippen LogP contribution is 2.21. The number of nitrogens with one attached hydrogen (secondary N) is 1. The molecule has 2 aromatic carbocycles. The summed E-state index contributed by atoms with van der Waals surface area (Å²) < 4.78 is 0. The lowest BCUT2D eigenvalue weighted by Crippen LogP contribution is -2.53. The summed E-state index contributed by atoms with van der Waals surface area (Å²) in [5.41, 5.74) is 5.26. The Morgan fingerprint density at radius 1 is 0.939 bits per heavy atom. The van der Waals surface area contributed by atoms with Crippen LogP contribution in [0.15, 0.2) is 59.7 Å². The number of piperidine rings is 1. The molecular formula is C25H31N5O3. The number of amides is 1. The number of hydrogen-bond donors (Lipinski definition) is 2. The van der Waals surface area contributed by atoms with Gasteiger partial charge in [-0.2, -0.15) is 5.10 Å². The monoisotopic (exact) mass is 449 g/mol. The maximum Gasteiger partial charge on any atom is 0.317 e. The highest BCUT2D eigenvalue weighted by Gasteiger charge is 2.28. The van der Waals surface area contributed by atoms with Crippen molar-refractivity contribution in [1.29, 1.82) is 0 Å². The topological polar surface area (TPSA) is 88.5 Å². The Kier molecular flexibility index (Phi) is 7.70. The highest BCUT2D eigenvalue weighted by molar-refractivity contribution is 5.94. The molecule has 2 aliphatic heterocycles. The van der Waals surface area contributed by atoms with E-state index in [-0.39, 0.29) is 12.5 Å². The quantitative estimate of drug-likeness (QED) is 0.497. The fraction of sp³-hybridized carbons (Fsp3) is 0.400. The summed E-state index contributed by atoms with van der Waals surface area (Å²) in [6.45, 7) is 5.90. The van der Waals surface area contributed by atoms with E-state index in [1.807, 2.05) is 35.2 Å². The van der Waals surface area contributed by atoms with Crippen LogP contribution in [-0.2, 0) is 4.79 Å². The van der Waals surface area contributed by atoms with E-state index in [2.05, 4.69) is 32.5 Å². The average Bonchev–Trinajstić information content (AvgIpc) is 2.85. The molecule has 174 valence electrons. The molecule has 0 radical (unpaired) electrons. The van der Waals surface area contributed by atoms with Gasteiger partial charge in [0.1, 0.15) is 0 Å². The zero-order chi connectivity index (χ0) is 23.0. The van der Waals surface area contributed by atoms with Crippen LogP contribution in [0.25, 0.3) is 0 Å². The van der Waals surface area contributed by atoms with Crippen LogP contribution >= 0.6 is 0 Å². The number of carboxylic acid groups (broad SMARTS) is 1. The van der Waals surface area contributed by atoms with Gasteiger partial charge in [-0.05, 0) is 42.7 Å². The predicted molar refractivity (Wildman–Crippen MR) is 129 cm³/mol. The van der Waals surface area contributed by atoms with Crippen LogP contribution in [0.4, 0.5) is 5.69 Å². The lowest BCUT2D eigenvalue weighted by Gasteiger charge is -2.43. The molecule has 4 rings (SSSR count). The molecule has 2 saturated heterocycles. The highest BCUT2D eigenvalue weighted by atomic mass is 16.4. The van der Waals surface area contributed by atoms with Crippen LogP contribution in [0.1, 0.15) is 28.8 Å². The second-order valence-corrected chi connectivity index (χ2v) is 8.58. The van der Waals surface area contributed by atoms with Crippen LogP contribution in [0, 0.1) is 0 Å². The molecule has 0 bridgehead atoms. The van der Waals surface area contributed by atoms with Gasteiger partial charge in [0.25, 0.3) is 5.91 Å². The minimum Gasteiger partial charge on any atom is -0.480 e. The van der Waals surface area contributed by atoms with E-state index in [9.17, 15) is 9.59 Å². The van der Waals surface area contributed by atoms with Gasteiger partial charge in [-0.3, -0.25) is 19.4 Å². The number of benzene rings is 2. The molecule has 1 amide bonds. The standard InChI is InChI=1S/C25H31N5O3/c31-24(32)19-28-12-10-23(11-13-28)30-16-14-29(15-17-30)22-8-6-20(7-9-22)18-26-27-25(33)21-4-2-1-3-5-21/h1-9,18,23H,10-17,19H2,(H,27,33)(H,31,32). The Bertz CT molecular complexity index is 948. The van der Waals surface area contributed by atoms with Crippen LogP contribution in [0.3, 0.4) is 0 Å². The van der Waals surface area contributed by atoms with Crippen molar-refractivity contribution in [3.63, 3.8) is 0 Å². The number of piperazine rings is 1. The first-order chi connectivity index (χ1) is 16.1. The van der Waals surface area contributed by atoms with Gasteiger partial charge in [0, 0.05) is 56.6 Å². The summed E-state index contributed by atoms with van der Waals surface area (Å²) in [6.07, 6.45) is 3.74.